The normalized spacial score (nSPS) is 22.5. The molecule has 2 saturated heterocycles. The van der Waals surface area contributed by atoms with Crippen LogP contribution in [0.25, 0.3) is 0 Å². The Morgan fingerprint density at radius 2 is 2.12 bits per heavy atom. The maximum atomic E-state index is 12.1. The number of ether oxygens (including phenoxy) is 1. The molecule has 1 N–H and O–H groups in total. The minimum atomic E-state index is 0.0334. The predicted octanol–water partition coefficient (Wildman–Crippen LogP) is 2.06. The second kappa shape index (κ2) is 4.03. The summed E-state index contributed by atoms with van der Waals surface area (Å²) in [4.78, 5) is 16.9. The first-order valence-corrected chi connectivity index (χ1v) is 6.34. The molecular weight excluding hydrogens is 240 g/mol. The van der Waals surface area contributed by atoms with Gasteiger partial charge in [-0.1, -0.05) is 11.6 Å². The van der Waals surface area contributed by atoms with Gasteiger partial charge in [0.2, 0.25) is 0 Å². The van der Waals surface area contributed by atoms with Crippen molar-refractivity contribution >= 4 is 17.5 Å². The number of rotatable bonds is 1. The standard InChI is InChI=1S/C12H15ClN2O2/c13-9-7-10(14-8-9)11(16)15-4-1-12(2-5-15)3-6-17-12/h7-8,14H,1-6H2. The third kappa shape index (κ3) is 1.96. The van der Waals surface area contributed by atoms with Gasteiger partial charge < -0.3 is 14.6 Å². The van der Waals surface area contributed by atoms with Crippen LogP contribution in [0.5, 0.6) is 0 Å². The lowest BCUT2D eigenvalue weighted by atomic mass is 9.84. The molecule has 0 radical (unpaired) electrons. The highest BCUT2D eigenvalue weighted by atomic mass is 35.5. The minimum absolute atomic E-state index is 0.0334. The van der Waals surface area contributed by atoms with Crippen molar-refractivity contribution in [2.45, 2.75) is 24.9 Å². The van der Waals surface area contributed by atoms with Crippen molar-refractivity contribution in [3.05, 3.63) is 23.0 Å². The summed E-state index contributed by atoms with van der Waals surface area (Å²) in [6.45, 7) is 2.42. The quantitative estimate of drug-likeness (QED) is 0.834. The van der Waals surface area contributed by atoms with Gasteiger partial charge in [-0.3, -0.25) is 4.79 Å². The molecule has 1 spiro atoms. The number of likely N-dealkylation sites (tertiary alicyclic amines) is 1. The Labute approximate surface area is 105 Å². The van der Waals surface area contributed by atoms with Crippen LogP contribution in [0.15, 0.2) is 12.3 Å². The monoisotopic (exact) mass is 254 g/mol. The van der Waals surface area contributed by atoms with Gasteiger partial charge >= 0.3 is 0 Å². The Balaban J connectivity index is 1.64. The molecule has 0 bridgehead atoms. The number of amides is 1. The molecule has 2 fully saturated rings. The predicted molar refractivity (Wildman–Crippen MR) is 64.2 cm³/mol. The summed E-state index contributed by atoms with van der Waals surface area (Å²) < 4.78 is 5.63. The molecule has 3 rings (SSSR count). The summed E-state index contributed by atoms with van der Waals surface area (Å²) in [5.74, 6) is 0.0334. The van der Waals surface area contributed by atoms with Crippen LogP contribution >= 0.6 is 11.6 Å². The van der Waals surface area contributed by atoms with Gasteiger partial charge in [-0.15, -0.1) is 0 Å². The molecule has 2 aliphatic heterocycles. The molecule has 17 heavy (non-hydrogen) atoms. The number of hydrogen-bond donors (Lipinski definition) is 1. The highest BCUT2D eigenvalue weighted by Crippen LogP contribution is 2.36. The fourth-order valence-electron chi connectivity index (χ4n) is 2.56. The van der Waals surface area contributed by atoms with Crippen molar-refractivity contribution < 1.29 is 9.53 Å². The van der Waals surface area contributed by atoms with Gasteiger partial charge in [-0.25, -0.2) is 0 Å². The first-order valence-electron chi connectivity index (χ1n) is 5.96. The van der Waals surface area contributed by atoms with E-state index < -0.39 is 0 Å². The van der Waals surface area contributed by atoms with Gasteiger partial charge in [-0.05, 0) is 25.3 Å². The number of nitrogens with zero attached hydrogens (tertiary/aromatic N) is 1. The number of halogens is 1. The smallest absolute Gasteiger partial charge is 0.270 e. The maximum absolute atomic E-state index is 12.1. The van der Waals surface area contributed by atoms with E-state index in [1.165, 1.54) is 0 Å². The molecule has 1 amide bonds. The van der Waals surface area contributed by atoms with Crippen LogP contribution in [0.3, 0.4) is 0 Å². The van der Waals surface area contributed by atoms with Crippen molar-refractivity contribution in [3.8, 4) is 0 Å². The Morgan fingerprint density at radius 1 is 1.41 bits per heavy atom. The van der Waals surface area contributed by atoms with Crippen LogP contribution in [-0.2, 0) is 4.74 Å². The van der Waals surface area contributed by atoms with Crippen molar-refractivity contribution in [3.63, 3.8) is 0 Å². The highest BCUT2D eigenvalue weighted by Gasteiger charge is 2.42. The lowest BCUT2D eigenvalue weighted by Crippen LogP contribution is -2.53. The summed E-state index contributed by atoms with van der Waals surface area (Å²) in [6.07, 6.45) is 4.68. The maximum Gasteiger partial charge on any atom is 0.270 e. The molecule has 5 heteroatoms. The summed E-state index contributed by atoms with van der Waals surface area (Å²) in [5.41, 5.74) is 0.657. The second-order valence-corrected chi connectivity index (χ2v) is 5.24. The van der Waals surface area contributed by atoms with Crippen molar-refractivity contribution in [1.82, 2.24) is 9.88 Å². The molecule has 92 valence electrons. The number of aromatic amines is 1. The van der Waals surface area contributed by atoms with E-state index >= 15 is 0 Å². The average molecular weight is 255 g/mol. The van der Waals surface area contributed by atoms with Crippen molar-refractivity contribution in [1.29, 1.82) is 0 Å². The van der Waals surface area contributed by atoms with Gasteiger partial charge in [0.25, 0.3) is 5.91 Å². The summed E-state index contributed by atoms with van der Waals surface area (Å²) >= 11 is 5.80. The molecule has 0 saturated carbocycles. The van der Waals surface area contributed by atoms with E-state index in [4.69, 9.17) is 16.3 Å². The topological polar surface area (TPSA) is 45.3 Å². The van der Waals surface area contributed by atoms with Gasteiger partial charge in [0.1, 0.15) is 5.69 Å². The number of carbonyl (C=O) groups is 1. The minimum Gasteiger partial charge on any atom is -0.375 e. The van der Waals surface area contributed by atoms with Crippen LogP contribution in [-0.4, -0.2) is 41.1 Å². The van der Waals surface area contributed by atoms with E-state index in [1.807, 2.05) is 4.90 Å². The van der Waals surface area contributed by atoms with Crippen LogP contribution in [0, 0.1) is 0 Å². The van der Waals surface area contributed by atoms with Gasteiger partial charge in [0, 0.05) is 19.3 Å². The third-order valence-electron chi connectivity index (χ3n) is 3.81. The van der Waals surface area contributed by atoms with Gasteiger partial charge in [-0.2, -0.15) is 0 Å². The number of aromatic nitrogens is 1. The number of piperidine rings is 1. The van der Waals surface area contributed by atoms with Crippen LogP contribution in [0.1, 0.15) is 29.8 Å². The van der Waals surface area contributed by atoms with Crippen molar-refractivity contribution in [2.24, 2.45) is 0 Å². The van der Waals surface area contributed by atoms with Crippen molar-refractivity contribution in [2.75, 3.05) is 19.7 Å². The number of H-pyrrole nitrogens is 1. The molecule has 1 aromatic rings. The average Bonchev–Trinajstić information content (AvgIpc) is 2.73. The van der Waals surface area contributed by atoms with E-state index in [1.54, 1.807) is 12.3 Å². The molecule has 3 heterocycles. The third-order valence-corrected chi connectivity index (χ3v) is 4.02. The lowest BCUT2D eigenvalue weighted by molar-refractivity contribution is -0.169. The first kappa shape index (κ1) is 11.1. The first-order chi connectivity index (χ1) is 8.19. The fraction of sp³-hybridized carbons (Fsp3) is 0.583. The molecular formula is C12H15ClN2O2. The largest absolute Gasteiger partial charge is 0.375 e. The van der Waals surface area contributed by atoms with Gasteiger partial charge in [0.15, 0.2) is 0 Å². The molecule has 0 atom stereocenters. The molecule has 0 aromatic carbocycles. The highest BCUT2D eigenvalue weighted by molar-refractivity contribution is 6.30. The number of nitrogens with one attached hydrogen (secondary N) is 1. The molecule has 0 aliphatic carbocycles. The zero-order valence-corrected chi connectivity index (χ0v) is 10.3. The van der Waals surface area contributed by atoms with E-state index in [9.17, 15) is 4.79 Å². The Hall–Kier alpha value is -1.00. The zero-order chi connectivity index (χ0) is 11.9. The van der Waals surface area contributed by atoms with E-state index in [0.717, 1.165) is 39.0 Å². The Kier molecular flexibility index (Phi) is 2.64. The SMILES string of the molecule is O=C(c1cc(Cl)c[nH]1)N1CCC2(CCO2)CC1. The molecule has 2 aliphatic rings. The number of carbonyl (C=O) groups excluding carboxylic acids is 1. The van der Waals surface area contributed by atoms with Crippen LogP contribution in [0.2, 0.25) is 5.02 Å². The molecule has 4 nitrogen and oxygen atoms in total. The molecule has 0 unspecified atom stereocenters. The summed E-state index contributed by atoms with van der Waals surface area (Å²) in [7, 11) is 0. The lowest BCUT2D eigenvalue weighted by Gasteiger charge is -2.47. The Bertz CT molecular complexity index is 429. The fourth-order valence-corrected chi connectivity index (χ4v) is 2.73. The van der Waals surface area contributed by atoms with E-state index in [-0.39, 0.29) is 11.5 Å². The van der Waals surface area contributed by atoms with E-state index in [0.29, 0.717) is 10.7 Å². The number of hydrogen-bond acceptors (Lipinski definition) is 2. The zero-order valence-electron chi connectivity index (χ0n) is 9.54. The molecule has 1 aromatic heterocycles. The van der Waals surface area contributed by atoms with Gasteiger partial charge in [0.05, 0.1) is 17.2 Å². The van der Waals surface area contributed by atoms with E-state index in [2.05, 4.69) is 4.98 Å². The summed E-state index contributed by atoms with van der Waals surface area (Å²) in [5, 5.41) is 0.573. The Morgan fingerprint density at radius 3 is 2.59 bits per heavy atom. The second-order valence-electron chi connectivity index (χ2n) is 4.81. The van der Waals surface area contributed by atoms with Crippen LogP contribution < -0.4 is 0 Å². The summed E-state index contributed by atoms with van der Waals surface area (Å²) in [6, 6.07) is 1.67. The van der Waals surface area contributed by atoms with Crippen LogP contribution in [0.4, 0.5) is 0 Å².